The van der Waals surface area contributed by atoms with Gasteiger partial charge >= 0.3 is 5.97 Å². The van der Waals surface area contributed by atoms with E-state index < -0.39 is 11.9 Å². The van der Waals surface area contributed by atoms with Gasteiger partial charge in [0.25, 0.3) is 0 Å². The number of nitrogens with one attached hydrogen (secondary N) is 1. The molecule has 0 fully saturated rings. The summed E-state index contributed by atoms with van der Waals surface area (Å²) in [7, 11) is 0. The predicted molar refractivity (Wildman–Crippen MR) is 144 cm³/mol. The third-order valence-corrected chi connectivity index (χ3v) is 7.02. The summed E-state index contributed by atoms with van der Waals surface area (Å²) >= 11 is 0. The van der Waals surface area contributed by atoms with Crippen LogP contribution in [0.3, 0.4) is 0 Å². The highest BCUT2D eigenvalue weighted by molar-refractivity contribution is 5.89. The predicted octanol–water partition coefficient (Wildman–Crippen LogP) is 6.56. The van der Waals surface area contributed by atoms with Crippen LogP contribution in [0.4, 0.5) is 0 Å². The fourth-order valence-corrected chi connectivity index (χ4v) is 5.05. The van der Waals surface area contributed by atoms with Crippen LogP contribution in [0.5, 0.6) is 0 Å². The van der Waals surface area contributed by atoms with Crippen molar-refractivity contribution in [3.63, 3.8) is 0 Å². The van der Waals surface area contributed by atoms with Crippen molar-refractivity contribution >= 4 is 16.7 Å². The smallest absolute Gasteiger partial charge is 0.340 e. The van der Waals surface area contributed by atoms with Gasteiger partial charge in [0, 0.05) is 12.0 Å². The van der Waals surface area contributed by atoms with Crippen LogP contribution in [0.1, 0.15) is 52.2 Å². The lowest BCUT2D eigenvalue weighted by atomic mass is 9.86. The molecule has 0 aromatic heterocycles. The van der Waals surface area contributed by atoms with Crippen LogP contribution in [0, 0.1) is 6.92 Å². The molecule has 0 aliphatic carbocycles. The van der Waals surface area contributed by atoms with Gasteiger partial charge in [-0.15, -0.1) is 0 Å². The molecule has 1 heterocycles. The fourth-order valence-electron chi connectivity index (χ4n) is 5.05. The summed E-state index contributed by atoms with van der Waals surface area (Å²) in [6, 6.07) is 30.4. The highest BCUT2D eigenvalue weighted by atomic mass is 16.7. The summed E-state index contributed by atoms with van der Waals surface area (Å²) < 4.78 is 12.4. The molecule has 184 valence electrons. The van der Waals surface area contributed by atoms with Gasteiger partial charge in [-0.05, 0) is 79.9 Å². The Morgan fingerprint density at radius 1 is 0.972 bits per heavy atom. The van der Waals surface area contributed by atoms with Crippen LogP contribution in [0.15, 0.2) is 91.0 Å². The first-order chi connectivity index (χ1) is 17.5. The number of rotatable bonds is 8. The van der Waals surface area contributed by atoms with E-state index in [-0.39, 0.29) is 5.97 Å². The van der Waals surface area contributed by atoms with Crippen molar-refractivity contribution in [1.29, 1.82) is 0 Å². The Kier molecular flexibility index (Phi) is 7.17. The highest BCUT2D eigenvalue weighted by Gasteiger charge is 2.38. The Bertz CT molecular complexity index is 1340. The zero-order valence-corrected chi connectivity index (χ0v) is 21.0. The van der Waals surface area contributed by atoms with Gasteiger partial charge in [-0.1, -0.05) is 78.4 Å². The van der Waals surface area contributed by atoms with Gasteiger partial charge in [0.2, 0.25) is 6.29 Å². The third kappa shape index (κ3) is 5.51. The van der Waals surface area contributed by atoms with Crippen molar-refractivity contribution in [2.45, 2.75) is 45.0 Å². The molecular weight excluding hydrogens is 446 g/mol. The van der Waals surface area contributed by atoms with Crippen molar-refractivity contribution in [2.24, 2.45) is 0 Å². The van der Waals surface area contributed by atoms with Crippen LogP contribution in [-0.4, -0.2) is 24.7 Å². The van der Waals surface area contributed by atoms with Gasteiger partial charge < -0.3 is 14.8 Å². The van der Waals surface area contributed by atoms with Gasteiger partial charge in [-0.3, -0.25) is 0 Å². The minimum atomic E-state index is -0.720. The van der Waals surface area contributed by atoms with E-state index in [2.05, 4.69) is 72.9 Å². The van der Waals surface area contributed by atoms with Crippen LogP contribution in [-0.2, 0) is 22.3 Å². The van der Waals surface area contributed by atoms with Crippen molar-refractivity contribution in [1.82, 2.24) is 5.32 Å². The topological polar surface area (TPSA) is 47.6 Å². The molecule has 0 radical (unpaired) electrons. The number of benzene rings is 4. The fraction of sp³-hybridized carbons (Fsp3) is 0.281. The van der Waals surface area contributed by atoms with E-state index in [0.29, 0.717) is 5.56 Å². The second-order valence-corrected chi connectivity index (χ2v) is 9.94. The summed E-state index contributed by atoms with van der Waals surface area (Å²) in [5.41, 5.74) is 4.69. The van der Waals surface area contributed by atoms with Crippen LogP contribution < -0.4 is 5.32 Å². The normalized spacial score (nSPS) is 19.1. The zero-order chi connectivity index (χ0) is 25.0. The summed E-state index contributed by atoms with van der Waals surface area (Å²) in [6.07, 6.45) is 1.85. The Morgan fingerprint density at radius 2 is 1.75 bits per heavy atom. The van der Waals surface area contributed by atoms with E-state index in [1.54, 1.807) is 12.1 Å². The highest BCUT2D eigenvalue weighted by Crippen LogP contribution is 2.39. The molecule has 4 aromatic rings. The van der Waals surface area contributed by atoms with Gasteiger partial charge in [0.15, 0.2) is 0 Å². The second kappa shape index (κ2) is 10.7. The second-order valence-electron chi connectivity index (χ2n) is 9.94. The number of hydrogen-bond acceptors (Lipinski definition) is 4. The zero-order valence-electron chi connectivity index (χ0n) is 21.0. The first kappa shape index (κ1) is 24.2. The summed E-state index contributed by atoms with van der Waals surface area (Å²) in [6.45, 7) is 5.88. The van der Waals surface area contributed by atoms with Crippen LogP contribution >= 0.6 is 0 Å². The Morgan fingerprint density at radius 3 is 2.61 bits per heavy atom. The first-order valence-electron chi connectivity index (χ1n) is 12.7. The molecule has 36 heavy (non-hydrogen) atoms. The minimum Gasteiger partial charge on any atom is -0.428 e. The molecular formula is C32H33NO3. The number of carbonyl (C=O) groups excluding carboxylic acids is 1. The van der Waals surface area contributed by atoms with Crippen molar-refractivity contribution in [2.75, 3.05) is 13.1 Å². The lowest BCUT2D eigenvalue weighted by Crippen LogP contribution is -2.41. The SMILES string of the molecule is Cc1ccc2c(c1)C(OC(=O)c1ccccc1)OC(C)(CCNCCc1cccc3ccccc13)C2. The van der Waals surface area contributed by atoms with Crippen molar-refractivity contribution < 1.29 is 14.3 Å². The standard InChI is InChI=1S/C32H33NO3/c1-23-15-16-27-22-32(2,36-31(29(27)21-23)35-30(34)26-10-4-3-5-11-26)18-20-33-19-17-25-13-8-12-24-9-6-7-14-28(24)25/h3-16,21,31,33H,17-20,22H2,1-2H3. The van der Waals surface area contributed by atoms with Crippen molar-refractivity contribution in [3.8, 4) is 0 Å². The quantitative estimate of drug-likeness (QED) is 0.230. The van der Waals surface area contributed by atoms with E-state index in [1.807, 2.05) is 25.1 Å². The average molecular weight is 480 g/mol. The molecule has 4 aromatic carbocycles. The number of hydrogen-bond donors (Lipinski definition) is 1. The largest absolute Gasteiger partial charge is 0.428 e. The average Bonchev–Trinajstić information content (AvgIpc) is 2.89. The lowest BCUT2D eigenvalue weighted by Gasteiger charge is -2.39. The number of esters is 1. The monoisotopic (exact) mass is 479 g/mol. The molecule has 5 rings (SSSR count). The number of carbonyl (C=O) groups is 1. The first-order valence-corrected chi connectivity index (χ1v) is 12.7. The molecule has 0 spiro atoms. The van der Waals surface area contributed by atoms with E-state index in [4.69, 9.17) is 9.47 Å². The molecule has 4 nitrogen and oxygen atoms in total. The van der Waals surface area contributed by atoms with Crippen molar-refractivity contribution in [3.05, 3.63) is 119 Å². The number of ether oxygens (including phenoxy) is 2. The molecule has 0 saturated heterocycles. The maximum atomic E-state index is 12.8. The molecule has 0 saturated carbocycles. The van der Waals surface area contributed by atoms with E-state index >= 15 is 0 Å². The molecule has 1 aliphatic heterocycles. The summed E-state index contributed by atoms with van der Waals surface area (Å²) in [4.78, 5) is 12.8. The van der Waals surface area contributed by atoms with Gasteiger partial charge in [-0.25, -0.2) is 4.79 Å². The minimum absolute atomic E-state index is 0.370. The van der Waals surface area contributed by atoms with Crippen LogP contribution in [0.25, 0.3) is 10.8 Å². The van der Waals surface area contributed by atoms with Gasteiger partial charge in [0.05, 0.1) is 11.2 Å². The Labute approximate surface area is 213 Å². The maximum absolute atomic E-state index is 12.8. The molecule has 1 aliphatic rings. The molecule has 1 N–H and O–H groups in total. The van der Waals surface area contributed by atoms with E-state index in [9.17, 15) is 4.79 Å². The maximum Gasteiger partial charge on any atom is 0.340 e. The Hall–Kier alpha value is -3.47. The molecule has 4 heteroatoms. The number of fused-ring (bicyclic) bond motifs is 2. The summed E-state index contributed by atoms with van der Waals surface area (Å²) in [5.74, 6) is -0.370. The number of aryl methyl sites for hydroxylation is 1. The summed E-state index contributed by atoms with van der Waals surface area (Å²) in [5, 5.41) is 6.20. The van der Waals surface area contributed by atoms with Gasteiger partial charge in [0.1, 0.15) is 0 Å². The van der Waals surface area contributed by atoms with Gasteiger partial charge in [-0.2, -0.15) is 0 Å². The van der Waals surface area contributed by atoms with E-state index in [1.165, 1.54) is 21.9 Å². The third-order valence-electron chi connectivity index (χ3n) is 7.02. The lowest BCUT2D eigenvalue weighted by molar-refractivity contribution is -0.196. The Balaban J connectivity index is 1.22. The molecule has 2 atom stereocenters. The molecule has 2 unspecified atom stereocenters. The molecule has 0 bridgehead atoms. The van der Waals surface area contributed by atoms with E-state index in [0.717, 1.165) is 43.5 Å². The van der Waals surface area contributed by atoms with Crippen LogP contribution in [0.2, 0.25) is 0 Å². The molecule has 0 amide bonds.